The van der Waals surface area contributed by atoms with E-state index in [2.05, 4.69) is 10.2 Å². The Labute approximate surface area is 192 Å². The third kappa shape index (κ3) is 5.44. The summed E-state index contributed by atoms with van der Waals surface area (Å²) in [5.74, 6) is 1.74. The number of hydrogen-bond acceptors (Lipinski definition) is 4. The number of benzene rings is 2. The molecule has 1 N–H and O–H groups in total. The molecule has 2 aromatic carbocycles. The Bertz CT molecular complexity index is 849. The van der Waals surface area contributed by atoms with Gasteiger partial charge in [-0.2, -0.15) is 0 Å². The van der Waals surface area contributed by atoms with E-state index in [1.807, 2.05) is 48.5 Å². The minimum Gasteiger partial charge on any atom is -0.497 e. The first kappa shape index (κ1) is 22.7. The molecule has 0 bridgehead atoms. The van der Waals surface area contributed by atoms with E-state index in [0.717, 1.165) is 55.0 Å². The Morgan fingerprint density at radius 1 is 0.875 bits per heavy atom. The highest BCUT2D eigenvalue weighted by Crippen LogP contribution is 2.42. The average molecular weight is 437 g/mol. The fourth-order valence-corrected chi connectivity index (χ4v) is 5.07. The summed E-state index contributed by atoms with van der Waals surface area (Å²) in [7, 11) is 1.66. The third-order valence-electron chi connectivity index (χ3n) is 7.02. The summed E-state index contributed by atoms with van der Waals surface area (Å²) >= 11 is 0. The van der Waals surface area contributed by atoms with Crippen LogP contribution in [0.5, 0.6) is 11.5 Å². The van der Waals surface area contributed by atoms with Crippen LogP contribution in [-0.4, -0.2) is 44.2 Å². The van der Waals surface area contributed by atoms with E-state index in [9.17, 15) is 4.79 Å². The van der Waals surface area contributed by atoms with Gasteiger partial charge in [-0.25, -0.2) is 0 Å². The van der Waals surface area contributed by atoms with Crippen molar-refractivity contribution in [3.8, 4) is 11.5 Å². The van der Waals surface area contributed by atoms with Crippen molar-refractivity contribution in [3.05, 3.63) is 54.1 Å². The van der Waals surface area contributed by atoms with Crippen LogP contribution in [-0.2, 0) is 10.2 Å². The zero-order valence-corrected chi connectivity index (χ0v) is 19.3. The summed E-state index contributed by atoms with van der Waals surface area (Å²) in [4.78, 5) is 15.9. The quantitative estimate of drug-likeness (QED) is 0.602. The standard InChI is InChI=1S/C27H36N2O3/c1-31-24-12-8-22(9-13-24)27(16-4-5-17-27)26(30)28-23-10-14-25(15-11-23)32-21-20-29-18-6-2-3-7-19-29/h8-15H,2-7,16-21H2,1H3,(H,28,30). The summed E-state index contributed by atoms with van der Waals surface area (Å²) in [6, 6.07) is 15.7. The van der Waals surface area contributed by atoms with Crippen LogP contribution in [0.1, 0.15) is 56.9 Å². The molecule has 172 valence electrons. The molecule has 0 aromatic heterocycles. The van der Waals surface area contributed by atoms with E-state index in [0.29, 0.717) is 6.61 Å². The van der Waals surface area contributed by atoms with Crippen LogP contribution in [0.4, 0.5) is 5.69 Å². The smallest absolute Gasteiger partial charge is 0.235 e. The summed E-state index contributed by atoms with van der Waals surface area (Å²) in [6.45, 7) is 4.05. The molecule has 2 aliphatic rings. The second kappa shape index (κ2) is 10.9. The molecule has 1 aliphatic carbocycles. The van der Waals surface area contributed by atoms with Crippen molar-refractivity contribution in [3.63, 3.8) is 0 Å². The fourth-order valence-electron chi connectivity index (χ4n) is 5.07. The highest BCUT2D eigenvalue weighted by molar-refractivity contribution is 5.99. The van der Waals surface area contributed by atoms with Gasteiger partial charge in [-0.1, -0.05) is 37.8 Å². The molecule has 1 aliphatic heterocycles. The molecule has 1 saturated carbocycles. The molecular weight excluding hydrogens is 400 g/mol. The maximum Gasteiger partial charge on any atom is 0.235 e. The highest BCUT2D eigenvalue weighted by Gasteiger charge is 2.42. The zero-order valence-electron chi connectivity index (χ0n) is 19.3. The minimum atomic E-state index is -0.464. The normalized spacial score (nSPS) is 18.7. The molecule has 0 atom stereocenters. The fraction of sp³-hybridized carbons (Fsp3) is 0.519. The van der Waals surface area contributed by atoms with Gasteiger partial charge in [-0.05, 0) is 80.7 Å². The summed E-state index contributed by atoms with van der Waals surface area (Å²) in [5.41, 5.74) is 1.42. The number of carbonyl (C=O) groups is 1. The summed E-state index contributed by atoms with van der Waals surface area (Å²) < 4.78 is 11.2. The molecule has 32 heavy (non-hydrogen) atoms. The van der Waals surface area contributed by atoms with Gasteiger partial charge >= 0.3 is 0 Å². The minimum absolute atomic E-state index is 0.0787. The predicted molar refractivity (Wildman–Crippen MR) is 129 cm³/mol. The number of carbonyl (C=O) groups excluding carboxylic acids is 1. The summed E-state index contributed by atoms with van der Waals surface area (Å²) in [5, 5.41) is 3.16. The Hall–Kier alpha value is -2.53. The van der Waals surface area contributed by atoms with Crippen LogP contribution in [0.15, 0.2) is 48.5 Å². The van der Waals surface area contributed by atoms with Crippen molar-refractivity contribution >= 4 is 11.6 Å². The van der Waals surface area contributed by atoms with Crippen molar-refractivity contribution in [2.24, 2.45) is 0 Å². The highest BCUT2D eigenvalue weighted by atomic mass is 16.5. The lowest BCUT2D eigenvalue weighted by atomic mass is 9.78. The second-order valence-electron chi connectivity index (χ2n) is 9.10. The maximum absolute atomic E-state index is 13.4. The van der Waals surface area contributed by atoms with E-state index >= 15 is 0 Å². The van der Waals surface area contributed by atoms with Crippen LogP contribution in [0, 0.1) is 0 Å². The Morgan fingerprint density at radius 3 is 2.12 bits per heavy atom. The van der Waals surface area contributed by atoms with E-state index in [1.165, 1.54) is 38.8 Å². The number of methoxy groups -OCH3 is 1. The molecule has 5 nitrogen and oxygen atoms in total. The van der Waals surface area contributed by atoms with Crippen molar-refractivity contribution in [2.45, 2.75) is 56.8 Å². The zero-order chi connectivity index (χ0) is 22.2. The largest absolute Gasteiger partial charge is 0.497 e. The van der Waals surface area contributed by atoms with E-state index in [4.69, 9.17) is 9.47 Å². The first-order valence-corrected chi connectivity index (χ1v) is 12.1. The number of ether oxygens (including phenoxy) is 2. The molecule has 0 radical (unpaired) electrons. The van der Waals surface area contributed by atoms with Gasteiger partial charge < -0.3 is 14.8 Å². The monoisotopic (exact) mass is 436 g/mol. The predicted octanol–water partition coefficient (Wildman–Crippen LogP) is 5.40. The first-order valence-electron chi connectivity index (χ1n) is 12.1. The van der Waals surface area contributed by atoms with Crippen molar-refractivity contribution in [1.29, 1.82) is 0 Å². The van der Waals surface area contributed by atoms with Crippen LogP contribution < -0.4 is 14.8 Å². The number of amides is 1. The van der Waals surface area contributed by atoms with Crippen LogP contribution in [0.2, 0.25) is 0 Å². The molecule has 1 heterocycles. The number of nitrogens with one attached hydrogen (secondary N) is 1. The first-order chi connectivity index (χ1) is 15.7. The van der Waals surface area contributed by atoms with Gasteiger partial charge in [-0.15, -0.1) is 0 Å². The lowest BCUT2D eigenvalue weighted by Crippen LogP contribution is -2.37. The molecule has 0 unspecified atom stereocenters. The van der Waals surface area contributed by atoms with Gasteiger partial charge in [0.2, 0.25) is 5.91 Å². The lowest BCUT2D eigenvalue weighted by molar-refractivity contribution is -0.121. The van der Waals surface area contributed by atoms with Gasteiger partial charge in [0.05, 0.1) is 12.5 Å². The number of rotatable bonds is 8. The van der Waals surface area contributed by atoms with Crippen LogP contribution in [0.3, 0.4) is 0 Å². The van der Waals surface area contributed by atoms with Gasteiger partial charge in [0.15, 0.2) is 0 Å². The number of hydrogen-bond donors (Lipinski definition) is 1. The summed E-state index contributed by atoms with van der Waals surface area (Å²) in [6.07, 6.45) is 9.20. The average Bonchev–Trinajstić information content (AvgIpc) is 3.19. The van der Waals surface area contributed by atoms with E-state index in [-0.39, 0.29) is 5.91 Å². The molecule has 0 spiro atoms. The van der Waals surface area contributed by atoms with Gasteiger partial charge in [0, 0.05) is 12.2 Å². The van der Waals surface area contributed by atoms with Crippen molar-refractivity contribution in [1.82, 2.24) is 4.90 Å². The van der Waals surface area contributed by atoms with Crippen LogP contribution in [0.25, 0.3) is 0 Å². The van der Waals surface area contributed by atoms with E-state index < -0.39 is 5.41 Å². The molecule has 4 rings (SSSR count). The molecule has 5 heteroatoms. The maximum atomic E-state index is 13.4. The molecule has 2 fully saturated rings. The third-order valence-corrected chi connectivity index (χ3v) is 7.02. The molecule has 2 aromatic rings. The SMILES string of the molecule is COc1ccc(C2(C(=O)Nc3ccc(OCCN4CCCCCC4)cc3)CCCC2)cc1. The number of likely N-dealkylation sites (tertiary alicyclic amines) is 1. The second-order valence-corrected chi connectivity index (χ2v) is 9.10. The van der Waals surface area contributed by atoms with E-state index in [1.54, 1.807) is 7.11 Å². The molecule has 1 saturated heterocycles. The van der Waals surface area contributed by atoms with Gasteiger partial charge in [0.25, 0.3) is 0 Å². The molecule has 1 amide bonds. The Balaban J connectivity index is 1.33. The lowest BCUT2D eigenvalue weighted by Gasteiger charge is -2.28. The van der Waals surface area contributed by atoms with Gasteiger partial charge in [-0.3, -0.25) is 9.69 Å². The topological polar surface area (TPSA) is 50.8 Å². The number of nitrogens with zero attached hydrogens (tertiary/aromatic N) is 1. The number of anilines is 1. The van der Waals surface area contributed by atoms with Crippen molar-refractivity contribution < 1.29 is 14.3 Å². The molecular formula is C27H36N2O3. The van der Waals surface area contributed by atoms with Crippen molar-refractivity contribution in [2.75, 3.05) is 38.7 Å². The van der Waals surface area contributed by atoms with Gasteiger partial charge in [0.1, 0.15) is 18.1 Å². The van der Waals surface area contributed by atoms with Crippen LogP contribution >= 0.6 is 0 Å². The Kier molecular flexibility index (Phi) is 7.69. The Morgan fingerprint density at radius 2 is 1.50 bits per heavy atom.